The van der Waals surface area contributed by atoms with E-state index in [1.54, 1.807) is 16.8 Å². The molecule has 3 aliphatic rings. The molecule has 2 heterocycles. The summed E-state index contributed by atoms with van der Waals surface area (Å²) in [6.45, 7) is 5.69. The minimum Gasteiger partial charge on any atom is -0.353 e. The highest BCUT2D eigenvalue weighted by molar-refractivity contribution is 5.99. The average Bonchev–Trinajstić information content (AvgIpc) is 3.10. The second-order valence-electron chi connectivity index (χ2n) is 9.07. The Morgan fingerprint density at radius 3 is 2.42 bits per heavy atom. The van der Waals surface area contributed by atoms with Crippen molar-refractivity contribution in [2.75, 3.05) is 33.3 Å². The van der Waals surface area contributed by atoms with Crippen LogP contribution in [0.4, 0.5) is 0 Å². The van der Waals surface area contributed by atoms with Gasteiger partial charge in [-0.3, -0.25) is 19.3 Å². The van der Waals surface area contributed by atoms with Crippen molar-refractivity contribution < 1.29 is 19.1 Å². The molecular weight excluding hydrogens is 394 g/mol. The summed E-state index contributed by atoms with van der Waals surface area (Å²) in [6, 6.07) is 6.82. The van der Waals surface area contributed by atoms with E-state index in [0.717, 1.165) is 24.8 Å². The Kier molecular flexibility index (Phi) is 6.06. The van der Waals surface area contributed by atoms with Gasteiger partial charge in [-0.05, 0) is 38.3 Å². The summed E-state index contributed by atoms with van der Waals surface area (Å²) in [4.78, 5) is 44.8. The molecule has 2 saturated heterocycles. The number of piperidine rings is 1. The van der Waals surface area contributed by atoms with E-state index in [0.29, 0.717) is 38.0 Å². The van der Waals surface area contributed by atoms with E-state index in [1.807, 2.05) is 43.0 Å². The highest BCUT2D eigenvalue weighted by Gasteiger charge is 2.55. The molecule has 168 valence electrons. The number of carbonyl (C=O) groups excluding carboxylic acids is 3. The zero-order valence-electron chi connectivity index (χ0n) is 18.8. The van der Waals surface area contributed by atoms with Crippen LogP contribution in [-0.4, -0.2) is 77.5 Å². The monoisotopic (exact) mass is 427 g/mol. The van der Waals surface area contributed by atoms with Gasteiger partial charge >= 0.3 is 0 Å². The van der Waals surface area contributed by atoms with Gasteiger partial charge in [0.15, 0.2) is 0 Å². The molecule has 1 atom stereocenters. The SMILES string of the molecule is CCN(C)C(=O)C1COC2(CCN(C(=O)C3CCC3)CC2)N1C(=O)c1ccccc1C. The van der Waals surface area contributed by atoms with Crippen molar-refractivity contribution in [2.45, 2.75) is 57.7 Å². The fourth-order valence-corrected chi connectivity index (χ4v) is 4.90. The second-order valence-corrected chi connectivity index (χ2v) is 9.07. The smallest absolute Gasteiger partial charge is 0.257 e. The maximum absolute atomic E-state index is 13.7. The van der Waals surface area contributed by atoms with Crippen LogP contribution in [0.5, 0.6) is 0 Å². The number of hydrogen-bond acceptors (Lipinski definition) is 4. The Bertz CT molecular complexity index is 858. The zero-order chi connectivity index (χ0) is 22.2. The molecule has 3 fully saturated rings. The number of likely N-dealkylation sites (tertiary alicyclic amines) is 1. The van der Waals surface area contributed by atoms with E-state index in [-0.39, 0.29) is 30.2 Å². The van der Waals surface area contributed by atoms with Crippen LogP contribution < -0.4 is 0 Å². The van der Waals surface area contributed by atoms with Gasteiger partial charge < -0.3 is 14.5 Å². The molecule has 0 aromatic heterocycles. The van der Waals surface area contributed by atoms with Crippen molar-refractivity contribution >= 4 is 17.7 Å². The molecule has 7 nitrogen and oxygen atoms in total. The van der Waals surface area contributed by atoms with Crippen molar-refractivity contribution in [3.63, 3.8) is 0 Å². The van der Waals surface area contributed by atoms with E-state index in [1.165, 1.54) is 0 Å². The van der Waals surface area contributed by atoms with E-state index < -0.39 is 11.8 Å². The van der Waals surface area contributed by atoms with Crippen molar-refractivity contribution in [1.82, 2.24) is 14.7 Å². The van der Waals surface area contributed by atoms with E-state index in [9.17, 15) is 14.4 Å². The summed E-state index contributed by atoms with van der Waals surface area (Å²) >= 11 is 0. The Hall–Kier alpha value is -2.41. The van der Waals surface area contributed by atoms with Gasteiger partial charge in [0.2, 0.25) is 11.8 Å². The molecule has 2 aliphatic heterocycles. The van der Waals surface area contributed by atoms with Crippen molar-refractivity contribution in [1.29, 1.82) is 0 Å². The fourth-order valence-electron chi connectivity index (χ4n) is 4.90. The van der Waals surface area contributed by atoms with Gasteiger partial charge in [-0.15, -0.1) is 0 Å². The first-order valence-corrected chi connectivity index (χ1v) is 11.4. The van der Waals surface area contributed by atoms with E-state index in [4.69, 9.17) is 4.74 Å². The lowest BCUT2D eigenvalue weighted by molar-refractivity contribution is -0.150. The third kappa shape index (κ3) is 3.84. The first kappa shape index (κ1) is 21.8. The normalized spacial score (nSPS) is 23.0. The average molecular weight is 428 g/mol. The highest BCUT2D eigenvalue weighted by Crippen LogP contribution is 2.40. The fraction of sp³-hybridized carbons (Fsp3) is 0.625. The van der Waals surface area contributed by atoms with Crippen LogP contribution >= 0.6 is 0 Å². The van der Waals surface area contributed by atoms with Gasteiger partial charge in [-0.2, -0.15) is 0 Å². The summed E-state index contributed by atoms with van der Waals surface area (Å²) in [5.74, 6) is 0.122. The Labute approximate surface area is 184 Å². The molecule has 1 spiro atoms. The third-order valence-corrected chi connectivity index (χ3v) is 7.30. The van der Waals surface area contributed by atoms with Crippen LogP contribution in [0.15, 0.2) is 24.3 Å². The third-order valence-electron chi connectivity index (χ3n) is 7.30. The van der Waals surface area contributed by atoms with Crippen molar-refractivity contribution in [3.05, 3.63) is 35.4 Å². The van der Waals surface area contributed by atoms with Crippen LogP contribution in [0.25, 0.3) is 0 Å². The van der Waals surface area contributed by atoms with Crippen molar-refractivity contribution in [2.24, 2.45) is 5.92 Å². The van der Waals surface area contributed by atoms with Gasteiger partial charge in [0.05, 0.1) is 6.61 Å². The van der Waals surface area contributed by atoms with Crippen LogP contribution in [0.2, 0.25) is 0 Å². The standard InChI is InChI=1S/C24H33N3O4/c1-4-25(3)23(30)20-16-31-24(27(20)22(29)19-11-6-5-8-17(19)2)12-14-26(15-13-24)21(28)18-9-7-10-18/h5-6,8,11,18,20H,4,7,9-10,12-16H2,1-3H3. The molecule has 0 bridgehead atoms. The molecule has 0 N–H and O–H groups in total. The maximum Gasteiger partial charge on any atom is 0.257 e. The summed E-state index contributed by atoms with van der Waals surface area (Å²) in [5, 5.41) is 0. The number of benzene rings is 1. The van der Waals surface area contributed by atoms with Gasteiger partial charge in [0, 0.05) is 51.0 Å². The lowest BCUT2D eigenvalue weighted by Gasteiger charge is -2.45. The number of hydrogen-bond donors (Lipinski definition) is 0. The molecule has 0 radical (unpaired) electrons. The summed E-state index contributed by atoms with van der Waals surface area (Å²) in [6.07, 6.45) is 4.15. The van der Waals surface area contributed by atoms with Gasteiger partial charge in [-0.25, -0.2) is 0 Å². The summed E-state index contributed by atoms with van der Waals surface area (Å²) < 4.78 is 6.25. The molecule has 4 rings (SSSR count). The number of likely N-dealkylation sites (N-methyl/N-ethyl adjacent to an activating group) is 1. The zero-order valence-corrected chi connectivity index (χ0v) is 18.8. The Morgan fingerprint density at radius 2 is 1.84 bits per heavy atom. The quantitative estimate of drug-likeness (QED) is 0.740. The maximum atomic E-state index is 13.7. The number of amides is 3. The Balaban J connectivity index is 1.60. The minimum absolute atomic E-state index is 0.103. The lowest BCUT2D eigenvalue weighted by atomic mass is 9.83. The second kappa shape index (κ2) is 8.61. The Morgan fingerprint density at radius 1 is 1.16 bits per heavy atom. The van der Waals surface area contributed by atoms with Gasteiger partial charge in [0.1, 0.15) is 11.8 Å². The van der Waals surface area contributed by atoms with Crippen LogP contribution in [0, 0.1) is 12.8 Å². The van der Waals surface area contributed by atoms with Crippen LogP contribution in [0.1, 0.15) is 54.9 Å². The van der Waals surface area contributed by atoms with Gasteiger partial charge in [-0.1, -0.05) is 24.6 Å². The molecule has 7 heteroatoms. The first-order chi connectivity index (χ1) is 14.9. The number of ether oxygens (including phenoxy) is 1. The molecule has 1 aliphatic carbocycles. The number of rotatable bonds is 4. The molecular formula is C24H33N3O4. The van der Waals surface area contributed by atoms with Gasteiger partial charge in [0.25, 0.3) is 5.91 Å². The largest absolute Gasteiger partial charge is 0.353 e. The first-order valence-electron chi connectivity index (χ1n) is 11.4. The molecule has 1 aromatic carbocycles. The molecule has 1 unspecified atom stereocenters. The molecule has 31 heavy (non-hydrogen) atoms. The van der Waals surface area contributed by atoms with E-state index in [2.05, 4.69) is 0 Å². The molecule has 1 aromatic rings. The van der Waals surface area contributed by atoms with Crippen molar-refractivity contribution in [3.8, 4) is 0 Å². The lowest BCUT2D eigenvalue weighted by Crippen LogP contribution is -2.60. The predicted molar refractivity (Wildman–Crippen MR) is 116 cm³/mol. The topological polar surface area (TPSA) is 70.2 Å². The number of nitrogens with zero attached hydrogens (tertiary/aromatic N) is 3. The molecule has 1 saturated carbocycles. The van der Waals surface area contributed by atoms with E-state index >= 15 is 0 Å². The number of carbonyl (C=O) groups is 3. The number of aryl methyl sites for hydroxylation is 1. The molecule has 3 amide bonds. The highest BCUT2D eigenvalue weighted by atomic mass is 16.5. The summed E-state index contributed by atoms with van der Waals surface area (Å²) in [7, 11) is 1.75. The predicted octanol–water partition coefficient (Wildman–Crippen LogP) is 2.43. The van der Waals surface area contributed by atoms with Crippen LogP contribution in [0.3, 0.4) is 0 Å². The minimum atomic E-state index is -0.843. The summed E-state index contributed by atoms with van der Waals surface area (Å²) in [5.41, 5.74) is 0.629. The van der Waals surface area contributed by atoms with Crippen LogP contribution in [-0.2, 0) is 14.3 Å².